The van der Waals surface area contributed by atoms with Crippen molar-refractivity contribution < 1.29 is 27.4 Å². The number of aryl methyl sites for hydroxylation is 1. The summed E-state index contributed by atoms with van der Waals surface area (Å²) in [5, 5.41) is 3.43. The van der Waals surface area contributed by atoms with Crippen LogP contribution in [-0.4, -0.2) is 58.2 Å². The SMILES string of the molecule is COc1cc(-c2nc(C)c(C(=O)NC3CCS(=O)(=O)C3)s2)cc(OC)c1OC. The van der Waals surface area contributed by atoms with E-state index in [1.165, 1.54) is 32.7 Å². The van der Waals surface area contributed by atoms with E-state index in [9.17, 15) is 13.2 Å². The molecular weight excluding hydrogens is 404 g/mol. The number of carbonyl (C=O) groups excluding carboxylic acids is 1. The molecule has 10 heteroatoms. The molecule has 8 nitrogen and oxygen atoms in total. The van der Waals surface area contributed by atoms with Crippen molar-refractivity contribution in [2.45, 2.75) is 19.4 Å². The highest BCUT2D eigenvalue weighted by atomic mass is 32.2. The van der Waals surface area contributed by atoms with Crippen LogP contribution >= 0.6 is 11.3 Å². The fourth-order valence-corrected chi connectivity index (χ4v) is 5.72. The predicted octanol–water partition coefficient (Wildman–Crippen LogP) is 2.06. The Morgan fingerprint density at radius 2 is 1.82 bits per heavy atom. The highest BCUT2D eigenvalue weighted by Crippen LogP contribution is 2.42. The highest BCUT2D eigenvalue weighted by molar-refractivity contribution is 7.91. The Bertz CT molecular complexity index is 974. The van der Waals surface area contributed by atoms with E-state index in [0.29, 0.717) is 39.2 Å². The van der Waals surface area contributed by atoms with Gasteiger partial charge >= 0.3 is 0 Å². The Labute approximate surface area is 167 Å². The van der Waals surface area contributed by atoms with Crippen LogP contribution in [0.1, 0.15) is 21.8 Å². The molecular formula is C18H22N2O6S2. The molecule has 28 heavy (non-hydrogen) atoms. The van der Waals surface area contributed by atoms with Crippen LogP contribution in [-0.2, 0) is 9.84 Å². The number of nitrogens with one attached hydrogen (secondary N) is 1. The normalized spacial score (nSPS) is 17.9. The number of thiazole rings is 1. The zero-order valence-corrected chi connectivity index (χ0v) is 17.7. The molecule has 2 aromatic rings. The first kappa shape index (κ1) is 20.4. The Morgan fingerprint density at radius 3 is 2.32 bits per heavy atom. The Kier molecular flexibility index (Phi) is 5.80. The van der Waals surface area contributed by atoms with Gasteiger partial charge in [0.05, 0.1) is 38.5 Å². The van der Waals surface area contributed by atoms with E-state index in [1.807, 2.05) is 0 Å². The third-order valence-electron chi connectivity index (χ3n) is 4.48. The first-order chi connectivity index (χ1) is 13.3. The van der Waals surface area contributed by atoms with Crippen LogP contribution < -0.4 is 19.5 Å². The lowest BCUT2D eigenvalue weighted by atomic mass is 10.2. The standard InChI is InChI=1S/C18H22N2O6S2/c1-10-16(17(21)20-12-5-6-28(22,23)9-12)27-18(19-10)11-7-13(24-2)15(26-4)14(8-11)25-3/h7-8,12H,5-6,9H2,1-4H3,(H,20,21). The second-order valence-electron chi connectivity index (χ2n) is 6.42. The van der Waals surface area contributed by atoms with Crippen LogP contribution in [0.25, 0.3) is 10.6 Å². The lowest BCUT2D eigenvalue weighted by molar-refractivity contribution is 0.0944. The van der Waals surface area contributed by atoms with Crippen molar-refractivity contribution in [2.24, 2.45) is 0 Å². The zero-order valence-electron chi connectivity index (χ0n) is 16.1. The number of nitrogens with zero attached hydrogens (tertiary/aromatic N) is 1. The largest absolute Gasteiger partial charge is 0.493 e. The number of aromatic nitrogens is 1. The van der Waals surface area contributed by atoms with Gasteiger partial charge in [-0.3, -0.25) is 4.79 Å². The summed E-state index contributed by atoms with van der Waals surface area (Å²) in [5.41, 5.74) is 1.30. The van der Waals surface area contributed by atoms with Crippen molar-refractivity contribution in [1.29, 1.82) is 0 Å². The summed E-state index contributed by atoms with van der Waals surface area (Å²) in [5.74, 6) is 1.24. The smallest absolute Gasteiger partial charge is 0.263 e. The molecule has 1 aromatic carbocycles. The Morgan fingerprint density at radius 1 is 1.18 bits per heavy atom. The summed E-state index contributed by atoms with van der Waals surface area (Å²) < 4.78 is 39.3. The molecule has 1 aliphatic heterocycles. The molecule has 0 saturated carbocycles. The van der Waals surface area contributed by atoms with Crippen LogP contribution in [0.5, 0.6) is 17.2 Å². The molecule has 1 aliphatic rings. The van der Waals surface area contributed by atoms with E-state index >= 15 is 0 Å². The quantitative estimate of drug-likeness (QED) is 0.754. The average molecular weight is 427 g/mol. The number of sulfone groups is 1. The lowest BCUT2D eigenvalue weighted by Crippen LogP contribution is -2.35. The maximum Gasteiger partial charge on any atom is 0.263 e. The summed E-state index contributed by atoms with van der Waals surface area (Å²) in [6, 6.07) is 3.18. The van der Waals surface area contributed by atoms with Gasteiger partial charge in [0, 0.05) is 11.6 Å². The molecule has 0 aliphatic carbocycles. The summed E-state index contributed by atoms with van der Waals surface area (Å²) in [6.07, 6.45) is 0.436. The third kappa shape index (κ3) is 4.07. The van der Waals surface area contributed by atoms with Gasteiger partial charge in [0.1, 0.15) is 9.88 Å². The first-order valence-corrected chi connectivity index (χ1v) is 11.2. The summed E-state index contributed by atoms with van der Waals surface area (Å²) in [4.78, 5) is 17.6. The van der Waals surface area contributed by atoms with Gasteiger partial charge in [-0.15, -0.1) is 11.3 Å². The summed E-state index contributed by atoms with van der Waals surface area (Å²) in [6.45, 7) is 1.75. The second kappa shape index (κ2) is 7.96. The van der Waals surface area contributed by atoms with Crippen molar-refractivity contribution in [1.82, 2.24) is 10.3 Å². The Balaban J connectivity index is 1.89. The molecule has 1 atom stereocenters. The molecule has 0 spiro atoms. The van der Waals surface area contributed by atoms with E-state index in [-0.39, 0.29) is 23.5 Å². The average Bonchev–Trinajstić information content (AvgIpc) is 3.22. The molecule has 1 amide bonds. The number of ether oxygens (including phenoxy) is 3. The van der Waals surface area contributed by atoms with Gasteiger partial charge in [-0.1, -0.05) is 0 Å². The predicted molar refractivity (Wildman–Crippen MR) is 106 cm³/mol. The van der Waals surface area contributed by atoms with Crippen LogP contribution in [0.4, 0.5) is 0 Å². The number of rotatable bonds is 6. The molecule has 1 N–H and O–H groups in total. The Hall–Kier alpha value is -2.33. The van der Waals surface area contributed by atoms with Gasteiger partial charge in [-0.2, -0.15) is 0 Å². The van der Waals surface area contributed by atoms with E-state index in [4.69, 9.17) is 14.2 Å². The number of amides is 1. The molecule has 0 bridgehead atoms. The number of hydrogen-bond donors (Lipinski definition) is 1. The second-order valence-corrected chi connectivity index (χ2v) is 9.65. The minimum Gasteiger partial charge on any atom is -0.493 e. The number of carbonyl (C=O) groups is 1. The van der Waals surface area contributed by atoms with Crippen LogP contribution in [0.15, 0.2) is 12.1 Å². The lowest BCUT2D eigenvalue weighted by Gasteiger charge is -2.13. The van der Waals surface area contributed by atoms with E-state index in [1.54, 1.807) is 19.1 Å². The van der Waals surface area contributed by atoms with Gasteiger partial charge in [0.25, 0.3) is 5.91 Å². The highest BCUT2D eigenvalue weighted by Gasteiger charge is 2.30. The van der Waals surface area contributed by atoms with Crippen LogP contribution in [0, 0.1) is 6.92 Å². The maximum atomic E-state index is 12.6. The minimum atomic E-state index is -3.06. The van der Waals surface area contributed by atoms with Gasteiger partial charge in [0.15, 0.2) is 21.3 Å². The topological polar surface area (TPSA) is 104 Å². The van der Waals surface area contributed by atoms with Crippen molar-refractivity contribution in [3.05, 3.63) is 22.7 Å². The van der Waals surface area contributed by atoms with Crippen molar-refractivity contribution in [2.75, 3.05) is 32.8 Å². The van der Waals surface area contributed by atoms with Gasteiger partial charge in [-0.05, 0) is 25.5 Å². The third-order valence-corrected chi connectivity index (χ3v) is 7.46. The molecule has 1 unspecified atom stereocenters. The molecule has 0 radical (unpaired) electrons. The first-order valence-electron chi connectivity index (χ1n) is 8.57. The van der Waals surface area contributed by atoms with Crippen LogP contribution in [0.3, 0.4) is 0 Å². The summed E-state index contributed by atoms with van der Waals surface area (Å²) in [7, 11) is 1.53. The van der Waals surface area contributed by atoms with E-state index < -0.39 is 9.84 Å². The van der Waals surface area contributed by atoms with E-state index in [0.717, 1.165) is 5.56 Å². The van der Waals surface area contributed by atoms with Gasteiger partial charge < -0.3 is 19.5 Å². The van der Waals surface area contributed by atoms with Crippen molar-refractivity contribution >= 4 is 27.1 Å². The zero-order chi connectivity index (χ0) is 20.5. The molecule has 152 valence electrons. The van der Waals surface area contributed by atoms with Gasteiger partial charge in [-0.25, -0.2) is 13.4 Å². The van der Waals surface area contributed by atoms with Crippen molar-refractivity contribution in [3.63, 3.8) is 0 Å². The number of hydrogen-bond acceptors (Lipinski definition) is 8. The van der Waals surface area contributed by atoms with Crippen molar-refractivity contribution in [3.8, 4) is 27.8 Å². The fraction of sp³-hybridized carbons (Fsp3) is 0.444. The fourth-order valence-electron chi connectivity index (χ4n) is 3.09. The minimum absolute atomic E-state index is 0.0175. The van der Waals surface area contributed by atoms with Gasteiger partial charge in [0.2, 0.25) is 5.75 Å². The molecule has 1 fully saturated rings. The molecule has 1 saturated heterocycles. The van der Waals surface area contributed by atoms with E-state index in [2.05, 4.69) is 10.3 Å². The molecule has 2 heterocycles. The monoisotopic (exact) mass is 426 g/mol. The van der Waals surface area contributed by atoms with Crippen LogP contribution in [0.2, 0.25) is 0 Å². The number of benzene rings is 1. The molecule has 3 rings (SSSR count). The maximum absolute atomic E-state index is 12.6. The molecule has 1 aromatic heterocycles. The number of methoxy groups -OCH3 is 3. The summed E-state index contributed by atoms with van der Waals surface area (Å²) >= 11 is 1.23.